The largest absolute Gasteiger partial charge is 0.416 e. The van der Waals surface area contributed by atoms with Gasteiger partial charge in [-0.05, 0) is 54.4 Å². The summed E-state index contributed by atoms with van der Waals surface area (Å²) in [5.74, 6) is 0. The molecule has 0 atom stereocenters. The summed E-state index contributed by atoms with van der Waals surface area (Å²) < 4.78 is 45.4. The van der Waals surface area contributed by atoms with Gasteiger partial charge in [0.15, 0.2) is 0 Å². The Balaban J connectivity index is 1.83. The lowest BCUT2D eigenvalue weighted by molar-refractivity contribution is -0.137. The van der Waals surface area contributed by atoms with Crippen molar-refractivity contribution in [2.75, 3.05) is 11.9 Å². The van der Waals surface area contributed by atoms with Crippen LogP contribution in [0.25, 0.3) is 0 Å². The molecule has 0 amide bonds. The van der Waals surface area contributed by atoms with E-state index in [1.807, 2.05) is 18.2 Å². The van der Waals surface area contributed by atoms with Crippen LogP contribution in [0.3, 0.4) is 0 Å². The number of fused-ring (bicyclic) bond motifs is 1. The van der Waals surface area contributed by atoms with Crippen LogP contribution in [0.1, 0.15) is 16.7 Å². The maximum atomic E-state index is 12.6. The second kappa shape index (κ2) is 5.41. The molecular formula is C16H15F3N2. The number of halogens is 3. The highest BCUT2D eigenvalue weighted by Gasteiger charge is 2.29. The Hall–Kier alpha value is -2.01. The van der Waals surface area contributed by atoms with Crippen LogP contribution in [0.15, 0.2) is 42.5 Å². The molecule has 0 unspecified atom stereocenters. The Bertz CT molecular complexity index is 668. The Morgan fingerprint density at radius 3 is 2.57 bits per heavy atom. The summed E-state index contributed by atoms with van der Waals surface area (Å²) in [4.78, 5) is 0. The molecule has 0 aliphatic carbocycles. The van der Waals surface area contributed by atoms with Crippen molar-refractivity contribution in [3.63, 3.8) is 0 Å². The molecular weight excluding hydrogens is 277 g/mol. The highest BCUT2D eigenvalue weighted by atomic mass is 19.4. The molecule has 0 aromatic heterocycles. The lowest BCUT2D eigenvalue weighted by atomic mass is 9.99. The first kappa shape index (κ1) is 12.7. The number of hydrogen-bond acceptors (Lipinski definition) is 2. The third kappa shape index (κ3) is 3.03. The second-order valence-electron chi connectivity index (χ2n) is 5.00. The van der Waals surface area contributed by atoms with Crippen molar-refractivity contribution in [3.8, 4) is 0 Å². The van der Waals surface area contributed by atoms with Gasteiger partial charge in [0.05, 0.1) is 5.56 Å². The molecule has 21 heavy (non-hydrogen) atoms. The molecule has 0 bridgehead atoms. The lowest BCUT2D eigenvalue weighted by Gasteiger charge is -2.21. The number of hydrogen-bond donors (Lipinski definition) is 2. The topological polar surface area (TPSA) is 24.1 Å². The van der Waals surface area contributed by atoms with E-state index in [9.17, 15) is 13.2 Å². The van der Waals surface area contributed by atoms with Gasteiger partial charge in [-0.25, -0.2) is 0 Å². The van der Waals surface area contributed by atoms with Gasteiger partial charge in [-0.3, -0.25) is 0 Å². The minimum atomic E-state index is -4.32. The van der Waals surface area contributed by atoms with Gasteiger partial charge in [0.2, 0.25) is 0 Å². The van der Waals surface area contributed by atoms with E-state index in [0.717, 1.165) is 35.4 Å². The van der Waals surface area contributed by atoms with Gasteiger partial charge >= 0.3 is 6.18 Å². The van der Waals surface area contributed by atoms with Crippen molar-refractivity contribution in [1.29, 1.82) is 0 Å². The molecule has 0 saturated carbocycles. The number of alkyl halides is 3. The normalized spacial score (nSPS) is 16.2. The highest BCUT2D eigenvalue weighted by Crippen LogP contribution is 2.31. The van der Waals surface area contributed by atoms with Gasteiger partial charge in [-0.2, -0.15) is 13.2 Å². The molecule has 5 heteroatoms. The fraction of sp³-hybridized carbons (Fsp3) is 0.250. The van der Waals surface area contributed by atoms with Crippen LogP contribution in [0.5, 0.6) is 0 Å². The quantitative estimate of drug-likeness (QED) is 0.871. The summed E-state index contributed by atoms with van der Waals surface area (Å²) in [5, 5.41) is 4.68. The molecule has 2 nitrogen and oxygen atoms in total. The summed E-state index contributed by atoms with van der Waals surface area (Å²) in [5.41, 5.74) is 3.07. The standard InChI is InChI=1S/C16H15F3N2/c17-16(18,19)12-4-6-13(7-5-12)21-15-3-1-2-11-10-20-9-8-14(11)15/h1-7,20-21H,8-10H2/i/hD. The first-order valence-electron chi connectivity index (χ1n) is 7.17. The van der Waals surface area contributed by atoms with Crippen LogP contribution >= 0.6 is 0 Å². The monoisotopic (exact) mass is 293 g/mol. The van der Waals surface area contributed by atoms with E-state index < -0.39 is 11.7 Å². The summed E-state index contributed by atoms with van der Waals surface area (Å²) in [6, 6.07) is 10.8. The summed E-state index contributed by atoms with van der Waals surface area (Å²) in [6.07, 6.45) is -3.56. The molecule has 1 heterocycles. The van der Waals surface area contributed by atoms with Gasteiger partial charge in [-0.15, -0.1) is 0 Å². The molecule has 0 fully saturated rings. The maximum absolute atomic E-state index is 12.6. The minimum absolute atomic E-state index is 0.567. The van der Waals surface area contributed by atoms with Crippen molar-refractivity contribution in [2.24, 2.45) is 0 Å². The molecule has 0 spiro atoms. The maximum Gasteiger partial charge on any atom is 0.416 e. The Kier molecular flexibility index (Phi) is 3.27. The highest BCUT2D eigenvalue weighted by molar-refractivity contribution is 5.65. The molecule has 1 aliphatic heterocycles. The molecule has 3 rings (SSSR count). The third-order valence-corrected chi connectivity index (χ3v) is 3.57. The predicted octanol–water partition coefficient (Wildman–Crippen LogP) is 4.09. The SMILES string of the molecule is [2H]N1CCc2c(cccc2Nc2ccc(C(F)(F)F)cc2)C1. The zero-order chi connectivity index (χ0) is 15.7. The van der Waals surface area contributed by atoms with Gasteiger partial charge in [-0.1, -0.05) is 12.1 Å². The van der Waals surface area contributed by atoms with Crippen molar-refractivity contribution >= 4 is 11.4 Å². The fourth-order valence-electron chi connectivity index (χ4n) is 2.48. The van der Waals surface area contributed by atoms with Crippen LogP contribution in [0.4, 0.5) is 24.5 Å². The van der Waals surface area contributed by atoms with E-state index in [2.05, 4.69) is 5.32 Å². The predicted molar refractivity (Wildman–Crippen MR) is 76.6 cm³/mol. The second-order valence-corrected chi connectivity index (χ2v) is 5.00. The van der Waals surface area contributed by atoms with Crippen LogP contribution in [0, 0.1) is 0 Å². The van der Waals surface area contributed by atoms with E-state index in [1.165, 1.54) is 17.4 Å². The Morgan fingerprint density at radius 2 is 1.86 bits per heavy atom. The van der Waals surface area contributed by atoms with Gasteiger partial charge in [0.25, 0.3) is 0 Å². The number of anilines is 2. The molecule has 2 N–H and O–H groups in total. The zero-order valence-electron chi connectivity index (χ0n) is 12.2. The average Bonchev–Trinajstić information content (AvgIpc) is 2.47. The van der Waals surface area contributed by atoms with Crippen LogP contribution in [0.2, 0.25) is 1.41 Å². The van der Waals surface area contributed by atoms with Crippen LogP contribution in [-0.4, -0.2) is 6.54 Å². The van der Waals surface area contributed by atoms with E-state index in [0.29, 0.717) is 18.8 Å². The zero-order valence-corrected chi connectivity index (χ0v) is 11.2. The first-order valence-corrected chi connectivity index (χ1v) is 6.72. The Morgan fingerprint density at radius 1 is 1.10 bits per heavy atom. The van der Waals surface area contributed by atoms with E-state index in [1.54, 1.807) is 0 Å². The van der Waals surface area contributed by atoms with E-state index in [4.69, 9.17) is 1.41 Å². The molecule has 2 aromatic rings. The molecule has 110 valence electrons. The molecule has 0 radical (unpaired) electrons. The average molecular weight is 293 g/mol. The van der Waals surface area contributed by atoms with Crippen molar-refractivity contribution in [2.45, 2.75) is 19.1 Å². The van der Waals surface area contributed by atoms with Crippen molar-refractivity contribution in [3.05, 3.63) is 59.2 Å². The fourth-order valence-corrected chi connectivity index (χ4v) is 2.48. The van der Waals surface area contributed by atoms with Crippen LogP contribution < -0.4 is 10.6 Å². The smallest absolute Gasteiger partial charge is 0.355 e. The molecule has 1 aliphatic rings. The number of benzene rings is 2. The van der Waals surface area contributed by atoms with Crippen molar-refractivity contribution in [1.82, 2.24) is 5.31 Å². The first-order chi connectivity index (χ1) is 10.4. The van der Waals surface area contributed by atoms with Gasteiger partial charge in [0, 0.05) is 17.9 Å². The lowest BCUT2D eigenvalue weighted by Crippen LogP contribution is -2.24. The van der Waals surface area contributed by atoms with Crippen LogP contribution in [-0.2, 0) is 19.1 Å². The van der Waals surface area contributed by atoms with E-state index in [-0.39, 0.29) is 0 Å². The van der Waals surface area contributed by atoms with Crippen molar-refractivity contribution < 1.29 is 14.6 Å². The van der Waals surface area contributed by atoms with Gasteiger partial charge in [0.1, 0.15) is 1.41 Å². The third-order valence-electron chi connectivity index (χ3n) is 3.57. The van der Waals surface area contributed by atoms with Gasteiger partial charge < -0.3 is 10.6 Å². The number of rotatable bonds is 2. The summed E-state index contributed by atoms with van der Waals surface area (Å²) in [7, 11) is 0. The Labute approximate surface area is 122 Å². The molecule has 0 saturated heterocycles. The minimum Gasteiger partial charge on any atom is -0.355 e. The number of nitrogens with one attached hydrogen (secondary N) is 2. The molecule has 2 aromatic carbocycles. The van der Waals surface area contributed by atoms with E-state index >= 15 is 0 Å². The summed E-state index contributed by atoms with van der Waals surface area (Å²) in [6.45, 7) is 1.22. The summed E-state index contributed by atoms with van der Waals surface area (Å²) >= 11 is 0.